The van der Waals surface area contributed by atoms with Crippen LogP contribution in [0.1, 0.15) is 31.5 Å². The second kappa shape index (κ2) is 10.3. The molecule has 1 aliphatic heterocycles. The van der Waals surface area contributed by atoms with Gasteiger partial charge in [-0.3, -0.25) is 19.4 Å². The van der Waals surface area contributed by atoms with Crippen molar-refractivity contribution >= 4 is 41.0 Å². The van der Waals surface area contributed by atoms with Crippen molar-refractivity contribution in [2.75, 3.05) is 5.75 Å². The van der Waals surface area contributed by atoms with E-state index in [2.05, 4.69) is 9.97 Å². The van der Waals surface area contributed by atoms with E-state index in [-0.39, 0.29) is 0 Å². The van der Waals surface area contributed by atoms with Crippen LogP contribution >= 0.6 is 23.1 Å². The van der Waals surface area contributed by atoms with Gasteiger partial charge < -0.3 is 18.9 Å². The maximum absolute atomic E-state index is 11.8. The molecule has 0 bridgehead atoms. The summed E-state index contributed by atoms with van der Waals surface area (Å²) in [5.74, 6) is -0.946. The third-order valence-electron chi connectivity index (χ3n) is 4.44. The first kappa shape index (κ1) is 24.0. The minimum atomic E-state index is -1.01. The first-order valence-corrected chi connectivity index (χ1v) is 11.7. The Labute approximate surface area is 193 Å². The average Bonchev–Trinajstić information content (AvgIpc) is 3.03. The molecule has 1 aliphatic rings. The zero-order valence-electron chi connectivity index (χ0n) is 18.3. The summed E-state index contributed by atoms with van der Waals surface area (Å²) >= 11 is 2.85. The standard InChI is InChI=1S/C21H24N2O7S2/c1-10-20(32-11(2)23-10)15-6-16(8-22-7-15)30-21-19(29-14(5)26)18(28-13(4)25)17(9-31-21)27-12(3)24/h6-8,17-19,21H,9H2,1-5H3/t17-,18+,19-,21+/m1/s1. The van der Waals surface area contributed by atoms with Crippen LogP contribution in [0.25, 0.3) is 10.4 Å². The van der Waals surface area contributed by atoms with Crippen LogP contribution in [0.2, 0.25) is 0 Å². The summed E-state index contributed by atoms with van der Waals surface area (Å²) < 4.78 is 22.3. The first-order valence-electron chi connectivity index (χ1n) is 9.83. The molecule has 2 aromatic heterocycles. The summed E-state index contributed by atoms with van der Waals surface area (Å²) in [6, 6.07) is 1.83. The number of nitrogens with zero attached hydrogens (tertiary/aromatic N) is 2. The number of carbonyl (C=O) groups is 3. The Morgan fingerprint density at radius 3 is 2.22 bits per heavy atom. The highest BCUT2D eigenvalue weighted by molar-refractivity contribution is 7.99. The molecule has 0 amide bonds. The molecule has 172 valence electrons. The molecule has 32 heavy (non-hydrogen) atoms. The number of esters is 3. The zero-order chi connectivity index (χ0) is 23.4. The smallest absolute Gasteiger partial charge is 0.303 e. The van der Waals surface area contributed by atoms with Crippen LogP contribution in [-0.4, -0.2) is 57.4 Å². The maximum Gasteiger partial charge on any atom is 0.303 e. The molecule has 11 heteroatoms. The number of thioether (sulfide) groups is 1. The summed E-state index contributed by atoms with van der Waals surface area (Å²) in [5, 5.41) is 0.947. The summed E-state index contributed by atoms with van der Waals surface area (Å²) in [6.07, 6.45) is 0.502. The maximum atomic E-state index is 11.8. The molecular weight excluding hydrogens is 456 g/mol. The number of aromatic nitrogens is 2. The van der Waals surface area contributed by atoms with Gasteiger partial charge in [-0.05, 0) is 19.9 Å². The Morgan fingerprint density at radius 1 is 0.969 bits per heavy atom. The monoisotopic (exact) mass is 480 g/mol. The second-order valence-electron chi connectivity index (χ2n) is 7.17. The van der Waals surface area contributed by atoms with E-state index >= 15 is 0 Å². The predicted molar refractivity (Wildman–Crippen MR) is 118 cm³/mol. The Hall–Kier alpha value is -2.66. The van der Waals surface area contributed by atoms with Gasteiger partial charge >= 0.3 is 17.9 Å². The molecule has 4 atom stereocenters. The van der Waals surface area contributed by atoms with Gasteiger partial charge in [-0.15, -0.1) is 23.1 Å². The molecule has 1 fully saturated rings. The Bertz CT molecular complexity index is 1010. The quantitative estimate of drug-likeness (QED) is 0.451. The van der Waals surface area contributed by atoms with E-state index in [0.717, 1.165) is 21.1 Å². The Morgan fingerprint density at radius 2 is 1.62 bits per heavy atom. The number of pyridine rings is 1. The van der Waals surface area contributed by atoms with Crippen molar-refractivity contribution in [2.24, 2.45) is 0 Å². The Kier molecular flexibility index (Phi) is 7.73. The molecule has 0 aliphatic carbocycles. The van der Waals surface area contributed by atoms with E-state index in [1.807, 2.05) is 19.9 Å². The van der Waals surface area contributed by atoms with Crippen LogP contribution in [-0.2, 0) is 28.6 Å². The summed E-state index contributed by atoms with van der Waals surface area (Å²) in [4.78, 5) is 44.7. The summed E-state index contributed by atoms with van der Waals surface area (Å²) in [5.41, 5.74) is 1.04. The number of hydrogen-bond acceptors (Lipinski definition) is 11. The topological polar surface area (TPSA) is 114 Å². The lowest BCUT2D eigenvalue weighted by Crippen LogP contribution is -2.55. The molecular formula is C21H24N2O7S2. The van der Waals surface area contributed by atoms with E-state index in [0.29, 0.717) is 11.5 Å². The van der Waals surface area contributed by atoms with Crippen molar-refractivity contribution in [2.45, 2.75) is 58.4 Å². The second-order valence-corrected chi connectivity index (χ2v) is 9.51. The highest BCUT2D eigenvalue weighted by Crippen LogP contribution is 2.36. The van der Waals surface area contributed by atoms with Crippen molar-refractivity contribution in [1.82, 2.24) is 9.97 Å². The lowest BCUT2D eigenvalue weighted by atomic mass is 10.1. The fourth-order valence-corrected chi connectivity index (χ4v) is 5.47. The zero-order valence-corrected chi connectivity index (χ0v) is 20.0. The van der Waals surface area contributed by atoms with E-state index in [1.165, 1.54) is 32.5 Å². The largest absolute Gasteiger partial charge is 0.474 e. The minimum Gasteiger partial charge on any atom is -0.474 e. The van der Waals surface area contributed by atoms with Crippen molar-refractivity contribution in [1.29, 1.82) is 0 Å². The van der Waals surface area contributed by atoms with Gasteiger partial charge in [-0.25, -0.2) is 4.98 Å². The third kappa shape index (κ3) is 5.98. The number of ether oxygens (including phenoxy) is 4. The van der Waals surface area contributed by atoms with Gasteiger partial charge in [0.05, 0.1) is 21.8 Å². The van der Waals surface area contributed by atoms with E-state index in [1.54, 1.807) is 23.7 Å². The van der Waals surface area contributed by atoms with Gasteiger partial charge in [0.2, 0.25) is 0 Å². The van der Waals surface area contributed by atoms with Gasteiger partial charge in [-0.2, -0.15) is 0 Å². The van der Waals surface area contributed by atoms with Gasteiger partial charge in [0, 0.05) is 38.3 Å². The third-order valence-corrected chi connectivity index (χ3v) is 6.77. The van der Waals surface area contributed by atoms with E-state index in [4.69, 9.17) is 18.9 Å². The van der Waals surface area contributed by atoms with E-state index in [9.17, 15) is 14.4 Å². The summed E-state index contributed by atoms with van der Waals surface area (Å²) in [6.45, 7) is 7.61. The highest BCUT2D eigenvalue weighted by Gasteiger charge is 2.47. The molecule has 2 aromatic rings. The van der Waals surface area contributed by atoms with Crippen LogP contribution in [0.4, 0.5) is 0 Å². The van der Waals surface area contributed by atoms with Gasteiger partial charge in [0.15, 0.2) is 23.7 Å². The minimum absolute atomic E-state index is 0.292. The molecule has 3 rings (SSSR count). The van der Waals surface area contributed by atoms with E-state index < -0.39 is 41.7 Å². The van der Waals surface area contributed by atoms with Crippen molar-refractivity contribution in [3.8, 4) is 16.2 Å². The van der Waals surface area contributed by atoms with Gasteiger partial charge in [0.1, 0.15) is 5.75 Å². The lowest BCUT2D eigenvalue weighted by molar-refractivity contribution is -0.186. The average molecular weight is 481 g/mol. The molecule has 3 heterocycles. The molecule has 1 saturated heterocycles. The first-order chi connectivity index (χ1) is 15.1. The molecule has 0 radical (unpaired) electrons. The molecule has 0 spiro atoms. The number of hydrogen-bond donors (Lipinski definition) is 0. The Balaban J connectivity index is 1.88. The predicted octanol–water partition coefficient (Wildman–Crippen LogP) is 3.07. The van der Waals surface area contributed by atoms with Gasteiger partial charge in [-0.1, -0.05) is 0 Å². The number of carbonyl (C=O) groups excluding carboxylic acids is 3. The van der Waals surface area contributed by atoms with Crippen molar-refractivity contribution in [3.63, 3.8) is 0 Å². The molecule has 9 nitrogen and oxygen atoms in total. The molecule has 0 aromatic carbocycles. The van der Waals surface area contributed by atoms with Gasteiger partial charge in [0.25, 0.3) is 0 Å². The van der Waals surface area contributed by atoms with Crippen LogP contribution in [0.3, 0.4) is 0 Å². The number of rotatable bonds is 6. The number of aryl methyl sites for hydroxylation is 2. The highest BCUT2D eigenvalue weighted by atomic mass is 32.2. The van der Waals surface area contributed by atoms with Crippen LogP contribution in [0.15, 0.2) is 18.5 Å². The normalized spacial score (nSPS) is 22.7. The molecule has 0 N–H and O–H groups in total. The molecule has 0 saturated carbocycles. The van der Waals surface area contributed by atoms with Crippen LogP contribution in [0, 0.1) is 13.8 Å². The fourth-order valence-electron chi connectivity index (χ4n) is 3.35. The van der Waals surface area contributed by atoms with Crippen LogP contribution in [0.5, 0.6) is 5.75 Å². The SMILES string of the molecule is CC(=O)O[C@@H]1[C@@H](OC(C)=O)[C@@H](Oc2cncc(-c3sc(C)nc3C)c2)SC[C@H]1OC(C)=O. The summed E-state index contributed by atoms with van der Waals surface area (Å²) in [7, 11) is 0. The fraction of sp³-hybridized carbons (Fsp3) is 0.476. The van der Waals surface area contributed by atoms with Crippen LogP contribution < -0.4 is 4.74 Å². The molecule has 0 unspecified atom stereocenters. The lowest BCUT2D eigenvalue weighted by Gasteiger charge is -2.39. The van der Waals surface area contributed by atoms with Crippen molar-refractivity contribution in [3.05, 3.63) is 29.2 Å². The number of thiazole rings is 1. The van der Waals surface area contributed by atoms with Crippen molar-refractivity contribution < 1.29 is 33.3 Å².